The largest absolute Gasteiger partial charge is 0.391 e. The first-order chi connectivity index (χ1) is 5.79. The lowest BCUT2D eigenvalue weighted by molar-refractivity contribution is -0.131. The van der Waals surface area contributed by atoms with Crippen LogP contribution in [0.15, 0.2) is 0 Å². The van der Waals surface area contributed by atoms with Crippen LogP contribution in [0.1, 0.15) is 32.1 Å². The molecular weight excluding hydrogens is 154 g/mol. The van der Waals surface area contributed by atoms with Crippen LogP contribution in [-0.4, -0.2) is 34.6 Å². The van der Waals surface area contributed by atoms with E-state index in [1.807, 2.05) is 4.90 Å². The van der Waals surface area contributed by atoms with Gasteiger partial charge in [0, 0.05) is 13.0 Å². The lowest BCUT2D eigenvalue weighted by atomic mass is 10.2. The number of aliphatic hydroxyl groups excluding tert-OH is 1. The molecule has 68 valence electrons. The van der Waals surface area contributed by atoms with Gasteiger partial charge in [-0.1, -0.05) is 0 Å². The molecule has 0 aromatic carbocycles. The van der Waals surface area contributed by atoms with Gasteiger partial charge in [-0.2, -0.15) is 0 Å². The molecule has 2 aliphatic rings. The monoisotopic (exact) mass is 169 g/mol. The van der Waals surface area contributed by atoms with Crippen molar-refractivity contribution in [1.82, 2.24) is 4.90 Å². The molecule has 0 bridgehead atoms. The summed E-state index contributed by atoms with van der Waals surface area (Å²) in [5.41, 5.74) is 0. The quantitative estimate of drug-likeness (QED) is 0.621. The van der Waals surface area contributed by atoms with E-state index in [0.717, 1.165) is 32.2 Å². The van der Waals surface area contributed by atoms with Gasteiger partial charge in [-0.25, -0.2) is 0 Å². The highest BCUT2D eigenvalue weighted by atomic mass is 16.3. The Balaban J connectivity index is 2.03. The minimum atomic E-state index is -0.257. The normalized spacial score (nSPS) is 36.4. The van der Waals surface area contributed by atoms with Crippen molar-refractivity contribution < 1.29 is 9.90 Å². The summed E-state index contributed by atoms with van der Waals surface area (Å²) in [5.74, 6) is 0.237. The lowest BCUT2D eigenvalue weighted by Gasteiger charge is -2.26. The molecule has 1 N–H and O–H groups in total. The fraction of sp³-hybridized carbons (Fsp3) is 0.889. The van der Waals surface area contributed by atoms with Gasteiger partial charge < -0.3 is 10.0 Å². The molecule has 0 spiro atoms. The van der Waals surface area contributed by atoms with Crippen molar-refractivity contribution in [2.24, 2.45) is 0 Å². The molecule has 3 nitrogen and oxygen atoms in total. The summed E-state index contributed by atoms with van der Waals surface area (Å²) in [5, 5.41) is 9.57. The lowest BCUT2D eigenvalue weighted by Crippen LogP contribution is -2.40. The highest BCUT2D eigenvalue weighted by Gasteiger charge is 2.35. The Kier molecular flexibility index (Phi) is 2.05. The number of aliphatic hydroxyl groups is 1. The molecule has 1 saturated carbocycles. The summed E-state index contributed by atoms with van der Waals surface area (Å²) < 4.78 is 0. The summed E-state index contributed by atoms with van der Waals surface area (Å²) >= 11 is 0. The fourth-order valence-electron chi connectivity index (χ4n) is 2.30. The summed E-state index contributed by atoms with van der Waals surface area (Å²) in [4.78, 5) is 13.2. The van der Waals surface area contributed by atoms with Crippen molar-refractivity contribution in [3.63, 3.8) is 0 Å². The van der Waals surface area contributed by atoms with Crippen LogP contribution in [0.3, 0.4) is 0 Å². The third-order valence-corrected chi connectivity index (χ3v) is 2.95. The van der Waals surface area contributed by atoms with Crippen molar-refractivity contribution in [3.05, 3.63) is 0 Å². The minimum absolute atomic E-state index is 0.139. The van der Waals surface area contributed by atoms with Gasteiger partial charge in [0.15, 0.2) is 0 Å². The average Bonchev–Trinajstić information content (AvgIpc) is 2.59. The predicted molar refractivity (Wildman–Crippen MR) is 44.6 cm³/mol. The molecule has 1 amide bonds. The Morgan fingerprint density at radius 3 is 2.67 bits per heavy atom. The van der Waals surface area contributed by atoms with Crippen LogP contribution in [0.5, 0.6) is 0 Å². The van der Waals surface area contributed by atoms with Crippen LogP contribution < -0.4 is 0 Å². The second-order valence-electron chi connectivity index (χ2n) is 3.76. The standard InChI is InChI=1S/C9H15NO2/c11-8-4-1-3-7(8)10-6-2-5-9(10)12/h7-8,11H,1-6H2/t7-,8-/m0/s1. The second kappa shape index (κ2) is 3.05. The third-order valence-electron chi connectivity index (χ3n) is 2.95. The smallest absolute Gasteiger partial charge is 0.222 e. The molecule has 12 heavy (non-hydrogen) atoms. The van der Waals surface area contributed by atoms with Crippen LogP contribution in [0.25, 0.3) is 0 Å². The van der Waals surface area contributed by atoms with E-state index in [1.165, 1.54) is 0 Å². The predicted octanol–water partition coefficient (Wildman–Crippen LogP) is 0.522. The number of hydrogen-bond donors (Lipinski definition) is 1. The summed E-state index contributed by atoms with van der Waals surface area (Å²) in [7, 11) is 0. The molecule has 1 aliphatic heterocycles. The van der Waals surface area contributed by atoms with Gasteiger partial charge in [0.05, 0.1) is 12.1 Å². The second-order valence-corrected chi connectivity index (χ2v) is 3.76. The van der Waals surface area contributed by atoms with E-state index in [9.17, 15) is 9.90 Å². The van der Waals surface area contributed by atoms with Gasteiger partial charge in [-0.3, -0.25) is 4.79 Å². The summed E-state index contributed by atoms with van der Waals surface area (Å²) in [6.45, 7) is 0.862. The Morgan fingerprint density at radius 2 is 2.17 bits per heavy atom. The molecule has 0 aromatic heterocycles. The Hall–Kier alpha value is -0.570. The highest BCUT2D eigenvalue weighted by molar-refractivity contribution is 5.78. The molecule has 2 atom stereocenters. The Bertz CT molecular complexity index is 193. The zero-order valence-corrected chi connectivity index (χ0v) is 7.20. The Labute approximate surface area is 72.4 Å². The summed E-state index contributed by atoms with van der Waals surface area (Å²) in [6.07, 6.45) is 4.33. The van der Waals surface area contributed by atoms with E-state index < -0.39 is 0 Å². The molecule has 2 rings (SSSR count). The number of carbonyl (C=O) groups excluding carboxylic acids is 1. The van der Waals surface area contributed by atoms with Gasteiger partial charge in [-0.15, -0.1) is 0 Å². The first-order valence-corrected chi connectivity index (χ1v) is 4.76. The Morgan fingerprint density at radius 1 is 1.33 bits per heavy atom. The number of rotatable bonds is 1. The van der Waals surface area contributed by atoms with Crippen molar-refractivity contribution in [1.29, 1.82) is 0 Å². The molecule has 1 saturated heterocycles. The van der Waals surface area contributed by atoms with E-state index in [2.05, 4.69) is 0 Å². The molecule has 0 aromatic rings. The van der Waals surface area contributed by atoms with Crippen LogP contribution in [0, 0.1) is 0 Å². The molecule has 1 aliphatic carbocycles. The van der Waals surface area contributed by atoms with Crippen LogP contribution in [-0.2, 0) is 4.79 Å². The molecule has 0 radical (unpaired) electrons. The van der Waals surface area contributed by atoms with E-state index in [0.29, 0.717) is 6.42 Å². The number of likely N-dealkylation sites (tertiary alicyclic amines) is 1. The van der Waals surface area contributed by atoms with Gasteiger partial charge in [-0.05, 0) is 25.7 Å². The van der Waals surface area contributed by atoms with Gasteiger partial charge in [0.25, 0.3) is 0 Å². The topological polar surface area (TPSA) is 40.5 Å². The summed E-state index contributed by atoms with van der Waals surface area (Å²) in [6, 6.07) is 0.139. The number of nitrogens with zero attached hydrogens (tertiary/aromatic N) is 1. The van der Waals surface area contributed by atoms with E-state index in [-0.39, 0.29) is 18.1 Å². The third kappa shape index (κ3) is 1.22. The van der Waals surface area contributed by atoms with E-state index in [1.54, 1.807) is 0 Å². The van der Waals surface area contributed by atoms with E-state index in [4.69, 9.17) is 0 Å². The molecular formula is C9H15NO2. The van der Waals surface area contributed by atoms with Crippen molar-refractivity contribution >= 4 is 5.91 Å². The zero-order valence-electron chi connectivity index (χ0n) is 7.20. The number of carbonyl (C=O) groups is 1. The fourth-order valence-corrected chi connectivity index (χ4v) is 2.30. The van der Waals surface area contributed by atoms with Crippen LogP contribution >= 0.6 is 0 Å². The highest BCUT2D eigenvalue weighted by Crippen LogP contribution is 2.27. The first kappa shape index (κ1) is 8.05. The van der Waals surface area contributed by atoms with Crippen molar-refractivity contribution in [2.45, 2.75) is 44.2 Å². The van der Waals surface area contributed by atoms with Crippen LogP contribution in [0.2, 0.25) is 0 Å². The van der Waals surface area contributed by atoms with Crippen molar-refractivity contribution in [3.8, 4) is 0 Å². The molecule has 1 heterocycles. The number of amides is 1. The first-order valence-electron chi connectivity index (χ1n) is 4.76. The molecule has 3 heteroatoms. The average molecular weight is 169 g/mol. The van der Waals surface area contributed by atoms with Gasteiger partial charge >= 0.3 is 0 Å². The maximum Gasteiger partial charge on any atom is 0.222 e. The van der Waals surface area contributed by atoms with Gasteiger partial charge in [0.1, 0.15) is 0 Å². The number of hydrogen-bond acceptors (Lipinski definition) is 2. The molecule has 2 fully saturated rings. The molecule has 0 unspecified atom stereocenters. The zero-order chi connectivity index (χ0) is 8.55. The van der Waals surface area contributed by atoms with Crippen molar-refractivity contribution in [2.75, 3.05) is 6.54 Å². The van der Waals surface area contributed by atoms with Crippen LogP contribution in [0.4, 0.5) is 0 Å². The van der Waals surface area contributed by atoms with Gasteiger partial charge in [0.2, 0.25) is 5.91 Å². The maximum atomic E-state index is 11.3. The van der Waals surface area contributed by atoms with E-state index >= 15 is 0 Å². The maximum absolute atomic E-state index is 11.3. The SMILES string of the molecule is O=C1CCCN1[C@H]1CCC[C@@H]1O. The minimum Gasteiger partial charge on any atom is -0.391 e.